The van der Waals surface area contributed by atoms with Crippen LogP contribution in [0.4, 0.5) is 5.69 Å². The summed E-state index contributed by atoms with van der Waals surface area (Å²) < 4.78 is 7.03. The highest BCUT2D eigenvalue weighted by Crippen LogP contribution is 2.25. The number of aliphatic hydroxyl groups excluding tert-OH is 1. The van der Waals surface area contributed by atoms with Gasteiger partial charge in [0.05, 0.1) is 7.11 Å². The van der Waals surface area contributed by atoms with E-state index >= 15 is 0 Å². The number of hydrogen-bond acceptors (Lipinski definition) is 3. The lowest BCUT2D eigenvalue weighted by molar-refractivity contribution is -0.575. The number of benzene rings is 3. The Hall–Kier alpha value is -3.70. The van der Waals surface area contributed by atoms with Crippen molar-refractivity contribution in [1.82, 2.24) is 0 Å². The molecule has 0 aliphatic carbocycles. The summed E-state index contributed by atoms with van der Waals surface area (Å²) in [7, 11) is 1.61. The summed E-state index contributed by atoms with van der Waals surface area (Å²) in [6.07, 6.45) is 3.71. The van der Waals surface area contributed by atoms with E-state index in [0.29, 0.717) is 16.2 Å². The Labute approximate surface area is 180 Å². The van der Waals surface area contributed by atoms with Crippen molar-refractivity contribution in [2.45, 2.75) is 0 Å². The van der Waals surface area contributed by atoms with Gasteiger partial charge in [-0.2, -0.15) is 4.57 Å². The Bertz CT molecular complexity index is 1210. The van der Waals surface area contributed by atoms with E-state index in [9.17, 15) is 5.11 Å². The van der Waals surface area contributed by atoms with E-state index < -0.39 is 0 Å². The van der Waals surface area contributed by atoms with Gasteiger partial charge in [0.25, 0.3) is 5.70 Å². The van der Waals surface area contributed by atoms with Crippen molar-refractivity contribution in [1.29, 1.82) is 0 Å². The molecule has 0 aliphatic heterocycles. The fourth-order valence-corrected chi connectivity index (χ4v) is 3.61. The summed E-state index contributed by atoms with van der Waals surface area (Å²) in [5.74, 6) is 0.795. The number of rotatable bonds is 5. The van der Waals surface area contributed by atoms with Gasteiger partial charge in [-0.1, -0.05) is 54.7 Å². The number of nitrogens with zero attached hydrogens (tertiary/aromatic N) is 1. The molecular weight excluding hydrogens is 392 g/mol. The van der Waals surface area contributed by atoms with E-state index in [1.54, 1.807) is 35.9 Å². The lowest BCUT2D eigenvalue weighted by Crippen LogP contribution is -2.38. The molecule has 148 valence electrons. The smallest absolute Gasteiger partial charge is 0.288 e. The van der Waals surface area contributed by atoms with Crippen LogP contribution in [-0.2, 0) is 0 Å². The van der Waals surface area contributed by atoms with Crippen LogP contribution in [-0.4, -0.2) is 17.2 Å². The number of thiocarbonyl (C=S) groups is 1. The van der Waals surface area contributed by atoms with Gasteiger partial charge in [0.2, 0.25) is 0 Å². The second-order valence-electron chi connectivity index (χ2n) is 6.69. The SMILES string of the molecule is COc1ccc(/C(O)=C(/C(=S)Nc2cccc3ccccc23)[n+]2ccccc2)cc1. The van der Waals surface area contributed by atoms with Gasteiger partial charge in [-0.25, -0.2) is 0 Å². The third-order valence-corrected chi connectivity index (χ3v) is 5.11. The van der Waals surface area contributed by atoms with Crippen LogP contribution in [0.2, 0.25) is 0 Å². The van der Waals surface area contributed by atoms with E-state index in [1.807, 2.05) is 60.9 Å². The minimum atomic E-state index is 0.0755. The Morgan fingerprint density at radius 1 is 0.867 bits per heavy atom. The molecule has 2 N–H and O–H groups in total. The molecule has 0 spiro atoms. The van der Waals surface area contributed by atoms with Crippen molar-refractivity contribution in [3.05, 3.63) is 103 Å². The number of pyridine rings is 1. The quantitative estimate of drug-likeness (QED) is 0.197. The van der Waals surface area contributed by atoms with E-state index in [4.69, 9.17) is 17.0 Å². The van der Waals surface area contributed by atoms with Gasteiger partial charge < -0.3 is 15.2 Å². The Morgan fingerprint density at radius 2 is 1.57 bits per heavy atom. The predicted molar refractivity (Wildman–Crippen MR) is 126 cm³/mol. The molecule has 3 aromatic carbocycles. The normalized spacial score (nSPS) is 11.6. The van der Waals surface area contributed by atoms with Gasteiger partial charge in [0, 0.05) is 28.8 Å². The van der Waals surface area contributed by atoms with Crippen LogP contribution in [0.3, 0.4) is 0 Å². The van der Waals surface area contributed by atoms with Crippen molar-refractivity contribution in [2.75, 3.05) is 12.4 Å². The molecule has 0 fully saturated rings. The van der Waals surface area contributed by atoms with Crippen LogP contribution in [0, 0.1) is 0 Å². The van der Waals surface area contributed by atoms with Crippen molar-refractivity contribution in [3.8, 4) is 5.75 Å². The average molecular weight is 414 g/mol. The minimum Gasteiger partial charge on any atom is -0.502 e. The van der Waals surface area contributed by atoms with E-state index in [0.717, 1.165) is 22.2 Å². The number of methoxy groups -OCH3 is 1. The van der Waals surface area contributed by atoms with Crippen molar-refractivity contribution < 1.29 is 14.4 Å². The fraction of sp³-hybridized carbons (Fsp3) is 0.0400. The van der Waals surface area contributed by atoms with Crippen LogP contribution in [0.5, 0.6) is 5.75 Å². The topological polar surface area (TPSA) is 45.4 Å². The lowest BCUT2D eigenvalue weighted by Gasteiger charge is -2.12. The van der Waals surface area contributed by atoms with Crippen LogP contribution in [0.1, 0.15) is 5.56 Å². The highest BCUT2D eigenvalue weighted by atomic mass is 32.1. The molecule has 1 aromatic heterocycles. The highest BCUT2D eigenvalue weighted by Gasteiger charge is 2.24. The number of nitrogens with one attached hydrogen (secondary N) is 1. The van der Waals surface area contributed by atoms with Crippen molar-refractivity contribution in [3.63, 3.8) is 0 Å². The number of ether oxygens (including phenoxy) is 1. The Balaban J connectivity index is 1.78. The maximum atomic E-state index is 11.1. The predicted octanol–water partition coefficient (Wildman–Crippen LogP) is 5.46. The number of anilines is 1. The summed E-state index contributed by atoms with van der Waals surface area (Å²) in [6, 6.07) is 27.0. The number of fused-ring (bicyclic) bond motifs is 1. The average Bonchev–Trinajstić information content (AvgIpc) is 2.80. The molecule has 4 aromatic rings. The minimum absolute atomic E-state index is 0.0755. The summed E-state index contributed by atoms with van der Waals surface area (Å²) in [4.78, 5) is 0.413. The molecule has 0 saturated carbocycles. The van der Waals surface area contributed by atoms with Crippen LogP contribution >= 0.6 is 12.2 Å². The molecule has 4 nitrogen and oxygen atoms in total. The van der Waals surface area contributed by atoms with E-state index in [1.165, 1.54) is 0 Å². The van der Waals surface area contributed by atoms with Crippen LogP contribution in [0.15, 0.2) is 97.3 Å². The zero-order valence-corrected chi connectivity index (χ0v) is 17.3. The first kappa shape index (κ1) is 19.6. The zero-order chi connectivity index (χ0) is 20.9. The molecule has 0 atom stereocenters. The number of hydrogen-bond donors (Lipinski definition) is 2. The van der Waals surface area contributed by atoms with Gasteiger partial charge in [-0.15, -0.1) is 0 Å². The largest absolute Gasteiger partial charge is 0.502 e. The molecule has 30 heavy (non-hydrogen) atoms. The lowest BCUT2D eigenvalue weighted by atomic mass is 10.1. The molecule has 4 rings (SSSR count). The van der Waals surface area contributed by atoms with Gasteiger partial charge >= 0.3 is 0 Å². The van der Waals surface area contributed by atoms with Crippen molar-refractivity contribution in [2.24, 2.45) is 0 Å². The third kappa shape index (κ3) is 4.02. The number of aliphatic hydroxyl groups is 1. The maximum Gasteiger partial charge on any atom is 0.288 e. The van der Waals surface area contributed by atoms with Gasteiger partial charge in [0.15, 0.2) is 23.1 Å². The summed E-state index contributed by atoms with van der Waals surface area (Å²) in [5, 5.41) is 16.6. The first-order valence-electron chi connectivity index (χ1n) is 9.51. The molecule has 0 unspecified atom stereocenters. The molecular formula is C25H21N2O2S+. The second kappa shape index (κ2) is 8.76. The highest BCUT2D eigenvalue weighted by molar-refractivity contribution is 7.81. The van der Waals surface area contributed by atoms with Gasteiger partial charge in [-0.05, 0) is 35.7 Å². The summed E-state index contributed by atoms with van der Waals surface area (Å²) in [5.41, 5.74) is 2.02. The standard InChI is InChI=1S/C25H20N2O2S/c1-29-20-14-12-19(13-15-20)24(28)23(27-16-5-2-6-17-27)25(30)26-22-11-7-9-18-8-3-4-10-21(18)22/h2-17H,1H3,(H-,26,28,30)/p+1. The molecule has 0 amide bonds. The summed E-state index contributed by atoms with van der Waals surface area (Å²) >= 11 is 5.75. The Morgan fingerprint density at radius 3 is 2.30 bits per heavy atom. The second-order valence-corrected chi connectivity index (χ2v) is 7.10. The first-order valence-corrected chi connectivity index (χ1v) is 9.91. The molecule has 0 saturated heterocycles. The Kier molecular flexibility index (Phi) is 5.72. The van der Waals surface area contributed by atoms with Gasteiger partial charge in [0.1, 0.15) is 5.75 Å². The van der Waals surface area contributed by atoms with Crippen LogP contribution in [0.25, 0.3) is 22.2 Å². The van der Waals surface area contributed by atoms with E-state index in [2.05, 4.69) is 17.4 Å². The first-order chi connectivity index (χ1) is 14.7. The third-order valence-electron chi connectivity index (χ3n) is 4.81. The summed E-state index contributed by atoms with van der Waals surface area (Å²) in [6.45, 7) is 0. The monoisotopic (exact) mass is 413 g/mol. The van der Waals surface area contributed by atoms with Crippen molar-refractivity contribution >= 4 is 45.1 Å². The molecule has 1 heterocycles. The van der Waals surface area contributed by atoms with E-state index in [-0.39, 0.29) is 5.76 Å². The maximum absolute atomic E-state index is 11.1. The number of aromatic nitrogens is 1. The molecule has 0 aliphatic rings. The van der Waals surface area contributed by atoms with Gasteiger partial charge in [-0.3, -0.25) is 0 Å². The fourth-order valence-electron chi connectivity index (χ4n) is 3.30. The molecule has 0 bridgehead atoms. The molecule has 0 radical (unpaired) electrons. The van der Waals surface area contributed by atoms with Crippen LogP contribution < -0.4 is 14.6 Å². The zero-order valence-electron chi connectivity index (χ0n) is 16.4. The molecule has 5 heteroatoms.